The molecule has 0 atom stereocenters. The van der Waals surface area contributed by atoms with E-state index < -0.39 is 10.0 Å². The number of carbonyl (C=O) groups excluding carboxylic acids is 1. The predicted molar refractivity (Wildman–Crippen MR) is 151 cm³/mol. The average molecular weight is 569 g/mol. The number of para-hydroxylation sites is 1. The van der Waals surface area contributed by atoms with E-state index in [9.17, 15) is 13.2 Å². The molecule has 1 amide bonds. The summed E-state index contributed by atoms with van der Waals surface area (Å²) in [5.41, 5.74) is 2.94. The van der Waals surface area contributed by atoms with E-state index in [1.54, 1.807) is 17.0 Å². The molecule has 6 rings (SSSR count). The standard InChI is InChI=1S/C28H32N4O5S2/c33-28(23-6-3-8-25(29-23)31-12-4-15-36-18-14-31)32-13-9-20-19-26(38-27(20)22-5-1-2-7-24(22)32)39(34,35)30-21-10-16-37-17-11-21/h1-3,5-8,19,21,30H,4,9-18H2. The summed E-state index contributed by atoms with van der Waals surface area (Å²) in [5.74, 6) is 0.611. The third-order valence-corrected chi connectivity index (χ3v) is 10.6. The molecule has 11 heteroatoms. The summed E-state index contributed by atoms with van der Waals surface area (Å²) in [6.07, 6.45) is 2.81. The first kappa shape index (κ1) is 26.4. The number of aromatic nitrogens is 1. The summed E-state index contributed by atoms with van der Waals surface area (Å²) in [5, 5.41) is 0. The second-order valence-corrected chi connectivity index (χ2v) is 13.0. The number of nitrogens with zero attached hydrogens (tertiary/aromatic N) is 3. The van der Waals surface area contributed by atoms with Gasteiger partial charge in [0.15, 0.2) is 0 Å². The highest BCUT2D eigenvalue weighted by molar-refractivity contribution is 7.91. The van der Waals surface area contributed by atoms with Crippen LogP contribution in [0, 0.1) is 0 Å². The molecule has 3 aromatic rings. The zero-order chi connectivity index (χ0) is 26.8. The Balaban J connectivity index is 1.28. The Bertz CT molecular complexity index is 1440. The van der Waals surface area contributed by atoms with E-state index in [4.69, 9.17) is 14.5 Å². The molecule has 0 saturated carbocycles. The third-order valence-electron chi connectivity index (χ3n) is 7.38. The average Bonchev–Trinajstić information content (AvgIpc) is 3.12. The molecule has 2 saturated heterocycles. The number of ether oxygens (including phenoxy) is 2. The van der Waals surface area contributed by atoms with Gasteiger partial charge in [-0.3, -0.25) is 4.79 Å². The molecule has 1 N–H and O–H groups in total. The highest BCUT2D eigenvalue weighted by Crippen LogP contribution is 2.43. The van der Waals surface area contributed by atoms with Crippen molar-refractivity contribution < 1.29 is 22.7 Å². The van der Waals surface area contributed by atoms with Crippen LogP contribution in [0.1, 0.15) is 35.3 Å². The minimum atomic E-state index is -3.65. The Labute approximate surface area is 232 Å². The minimum absolute atomic E-state index is 0.115. The minimum Gasteiger partial charge on any atom is -0.381 e. The Morgan fingerprint density at radius 1 is 0.974 bits per heavy atom. The highest BCUT2D eigenvalue weighted by atomic mass is 32.2. The molecule has 3 aliphatic heterocycles. The molecule has 0 aliphatic carbocycles. The van der Waals surface area contributed by atoms with Crippen molar-refractivity contribution in [2.75, 3.05) is 55.9 Å². The normalized spacial score (nSPS) is 18.7. The number of hydrogen-bond acceptors (Lipinski definition) is 8. The summed E-state index contributed by atoms with van der Waals surface area (Å²) in [4.78, 5) is 23.4. The van der Waals surface area contributed by atoms with Gasteiger partial charge >= 0.3 is 0 Å². The molecule has 9 nitrogen and oxygen atoms in total. The predicted octanol–water partition coefficient (Wildman–Crippen LogP) is 3.70. The molecule has 0 bridgehead atoms. The van der Waals surface area contributed by atoms with Crippen LogP contribution in [0.3, 0.4) is 0 Å². The van der Waals surface area contributed by atoms with E-state index in [2.05, 4.69) is 9.62 Å². The Morgan fingerprint density at radius 3 is 2.67 bits per heavy atom. The smallest absolute Gasteiger partial charge is 0.276 e. The van der Waals surface area contributed by atoms with Gasteiger partial charge in [-0.25, -0.2) is 18.1 Å². The van der Waals surface area contributed by atoms with Gasteiger partial charge in [-0.15, -0.1) is 11.3 Å². The van der Waals surface area contributed by atoms with Gasteiger partial charge in [0.1, 0.15) is 15.7 Å². The number of fused-ring (bicyclic) bond motifs is 3. The lowest BCUT2D eigenvalue weighted by molar-refractivity contribution is 0.0832. The van der Waals surface area contributed by atoms with Gasteiger partial charge in [0, 0.05) is 55.9 Å². The number of pyridine rings is 1. The number of rotatable bonds is 5. The zero-order valence-electron chi connectivity index (χ0n) is 21.7. The second kappa shape index (κ2) is 11.3. The van der Waals surface area contributed by atoms with Crippen molar-refractivity contribution >= 4 is 38.8 Å². The van der Waals surface area contributed by atoms with Gasteiger partial charge in [-0.05, 0) is 55.5 Å². The fourth-order valence-corrected chi connectivity index (χ4v) is 8.24. The van der Waals surface area contributed by atoms with Gasteiger partial charge in [-0.1, -0.05) is 24.3 Å². The molecular formula is C28H32N4O5S2. The van der Waals surface area contributed by atoms with Crippen molar-refractivity contribution in [1.82, 2.24) is 9.71 Å². The first-order valence-corrected chi connectivity index (χ1v) is 15.7. The Kier molecular flexibility index (Phi) is 7.68. The second-order valence-electron chi connectivity index (χ2n) is 9.99. The molecular weight excluding hydrogens is 536 g/mol. The number of nitrogens with one attached hydrogen (secondary N) is 1. The molecule has 3 aliphatic rings. The van der Waals surface area contributed by atoms with Crippen LogP contribution in [0.15, 0.2) is 52.7 Å². The molecule has 5 heterocycles. The van der Waals surface area contributed by atoms with Gasteiger partial charge in [-0.2, -0.15) is 0 Å². The van der Waals surface area contributed by atoms with Crippen LogP contribution in [0.2, 0.25) is 0 Å². The Morgan fingerprint density at radius 2 is 1.79 bits per heavy atom. The molecule has 39 heavy (non-hydrogen) atoms. The number of anilines is 2. The molecule has 206 valence electrons. The zero-order valence-corrected chi connectivity index (χ0v) is 23.3. The van der Waals surface area contributed by atoms with E-state index in [1.165, 1.54) is 11.3 Å². The SMILES string of the molecule is O=C(c1cccc(N2CCCOCC2)n1)N1CCc2cc(S(=O)(=O)NC3CCOCC3)sc2-c2ccccc21. The van der Waals surface area contributed by atoms with Gasteiger partial charge in [0.2, 0.25) is 10.0 Å². The first-order valence-electron chi connectivity index (χ1n) is 13.4. The lowest BCUT2D eigenvalue weighted by Crippen LogP contribution is -2.38. The fourth-order valence-electron chi connectivity index (χ4n) is 5.34. The van der Waals surface area contributed by atoms with Gasteiger partial charge in [0.25, 0.3) is 5.91 Å². The first-order chi connectivity index (χ1) is 19.0. The summed E-state index contributed by atoms with van der Waals surface area (Å²) < 4.78 is 40.6. The van der Waals surface area contributed by atoms with Gasteiger partial charge < -0.3 is 19.3 Å². The summed E-state index contributed by atoms with van der Waals surface area (Å²) in [7, 11) is -3.65. The monoisotopic (exact) mass is 568 g/mol. The number of sulfonamides is 1. The van der Waals surface area contributed by atoms with Crippen LogP contribution >= 0.6 is 11.3 Å². The topological polar surface area (TPSA) is 101 Å². The molecule has 2 fully saturated rings. The number of carbonyl (C=O) groups is 1. The summed E-state index contributed by atoms with van der Waals surface area (Å²) >= 11 is 1.27. The Hall–Kier alpha value is -2.83. The van der Waals surface area contributed by atoms with E-state index in [-0.39, 0.29) is 11.9 Å². The number of benzene rings is 1. The maximum atomic E-state index is 13.8. The maximum absolute atomic E-state index is 13.8. The van der Waals surface area contributed by atoms with Crippen LogP contribution in [-0.4, -0.2) is 71.4 Å². The lowest BCUT2D eigenvalue weighted by atomic mass is 10.1. The maximum Gasteiger partial charge on any atom is 0.276 e. The fraction of sp³-hybridized carbons (Fsp3) is 0.429. The van der Waals surface area contributed by atoms with Crippen LogP contribution < -0.4 is 14.5 Å². The van der Waals surface area contributed by atoms with E-state index >= 15 is 0 Å². The van der Waals surface area contributed by atoms with Crippen molar-refractivity contribution in [3.8, 4) is 10.4 Å². The van der Waals surface area contributed by atoms with Crippen LogP contribution in [-0.2, 0) is 25.9 Å². The largest absolute Gasteiger partial charge is 0.381 e. The summed E-state index contributed by atoms with van der Waals surface area (Å²) in [6.45, 7) is 4.52. The van der Waals surface area contributed by atoms with Crippen molar-refractivity contribution in [2.24, 2.45) is 0 Å². The molecule has 0 radical (unpaired) electrons. The van der Waals surface area contributed by atoms with Crippen molar-refractivity contribution in [3.63, 3.8) is 0 Å². The quantitative estimate of drug-likeness (QED) is 0.501. The van der Waals surface area contributed by atoms with Crippen LogP contribution in [0.4, 0.5) is 11.5 Å². The van der Waals surface area contributed by atoms with E-state index in [1.807, 2.05) is 36.4 Å². The van der Waals surface area contributed by atoms with Crippen LogP contribution in [0.25, 0.3) is 10.4 Å². The van der Waals surface area contributed by atoms with Gasteiger partial charge in [0.05, 0.1) is 12.3 Å². The summed E-state index contributed by atoms with van der Waals surface area (Å²) in [6, 6.07) is 14.9. The number of hydrogen-bond donors (Lipinski definition) is 1. The number of thiophene rings is 1. The highest BCUT2D eigenvalue weighted by Gasteiger charge is 2.30. The molecule has 0 unspecified atom stereocenters. The molecule has 1 aromatic carbocycles. The number of amides is 1. The van der Waals surface area contributed by atoms with Crippen molar-refractivity contribution in [2.45, 2.75) is 35.9 Å². The van der Waals surface area contributed by atoms with Crippen LogP contribution in [0.5, 0.6) is 0 Å². The third kappa shape index (κ3) is 5.59. The van der Waals surface area contributed by atoms with E-state index in [0.29, 0.717) is 55.5 Å². The van der Waals surface area contributed by atoms with E-state index in [0.717, 1.165) is 53.6 Å². The van der Waals surface area contributed by atoms with Crippen molar-refractivity contribution in [1.29, 1.82) is 0 Å². The lowest BCUT2D eigenvalue weighted by Gasteiger charge is -2.24. The molecule has 0 spiro atoms. The molecule has 2 aromatic heterocycles. The van der Waals surface area contributed by atoms with Crippen molar-refractivity contribution in [3.05, 3.63) is 59.8 Å².